The molecule has 1 rings (SSSR count). The van der Waals surface area contributed by atoms with Gasteiger partial charge in [0.05, 0.1) is 10.7 Å². The van der Waals surface area contributed by atoms with E-state index in [0.717, 1.165) is 0 Å². The van der Waals surface area contributed by atoms with E-state index >= 15 is 0 Å². The molecule has 0 aliphatic heterocycles. The second-order valence-electron chi connectivity index (χ2n) is 3.41. The summed E-state index contributed by atoms with van der Waals surface area (Å²) in [5, 5.41) is 13.9. The number of aliphatic hydroxyl groups is 1. The van der Waals surface area contributed by atoms with Crippen LogP contribution in [0, 0.1) is 0 Å². The van der Waals surface area contributed by atoms with Crippen LogP contribution in [-0.4, -0.2) is 30.1 Å². The van der Waals surface area contributed by atoms with E-state index in [1.807, 2.05) is 0 Å². The fourth-order valence-electron chi connectivity index (χ4n) is 1.13. The summed E-state index contributed by atoms with van der Waals surface area (Å²) in [6, 6.07) is 4.51. The van der Waals surface area contributed by atoms with Crippen molar-refractivity contribution in [2.24, 2.45) is 0 Å². The molecule has 0 aliphatic carbocycles. The molecule has 0 aromatic heterocycles. The van der Waals surface area contributed by atoms with Gasteiger partial charge in [0.15, 0.2) is 0 Å². The molecule has 0 atom stereocenters. The third-order valence-electron chi connectivity index (χ3n) is 2.01. The molecule has 98 valence electrons. The standard InChI is InChI=1S/C11H12Cl2N2O3/c12-7-2-3-9(8(13)6-7)15-11(18)10(17)14-4-1-5-16/h2-3,6,16H,1,4-5H2,(H,14,17)(H,15,18). The predicted molar refractivity (Wildman–Crippen MR) is 69.8 cm³/mol. The third-order valence-corrected chi connectivity index (χ3v) is 2.55. The molecule has 5 nitrogen and oxygen atoms in total. The van der Waals surface area contributed by atoms with Crippen molar-refractivity contribution in [3.8, 4) is 0 Å². The topological polar surface area (TPSA) is 78.4 Å². The summed E-state index contributed by atoms with van der Waals surface area (Å²) >= 11 is 11.5. The first-order valence-electron chi connectivity index (χ1n) is 5.19. The highest BCUT2D eigenvalue weighted by molar-refractivity contribution is 6.42. The molecule has 0 unspecified atom stereocenters. The SMILES string of the molecule is O=C(NCCCO)C(=O)Nc1ccc(Cl)cc1Cl. The van der Waals surface area contributed by atoms with Crippen molar-refractivity contribution in [1.29, 1.82) is 0 Å². The van der Waals surface area contributed by atoms with Crippen molar-refractivity contribution in [2.45, 2.75) is 6.42 Å². The lowest BCUT2D eigenvalue weighted by Crippen LogP contribution is -2.36. The molecule has 0 spiro atoms. The maximum atomic E-state index is 11.5. The van der Waals surface area contributed by atoms with Gasteiger partial charge in [-0.15, -0.1) is 0 Å². The number of hydrogen-bond acceptors (Lipinski definition) is 3. The zero-order valence-electron chi connectivity index (χ0n) is 9.37. The van der Waals surface area contributed by atoms with Crippen LogP contribution < -0.4 is 10.6 Å². The zero-order chi connectivity index (χ0) is 13.5. The number of carbonyl (C=O) groups excluding carboxylic acids is 2. The van der Waals surface area contributed by atoms with Crippen LogP contribution in [0.3, 0.4) is 0 Å². The van der Waals surface area contributed by atoms with Gasteiger partial charge in [0.1, 0.15) is 0 Å². The van der Waals surface area contributed by atoms with Gasteiger partial charge in [-0.1, -0.05) is 23.2 Å². The number of nitrogens with one attached hydrogen (secondary N) is 2. The average molecular weight is 291 g/mol. The number of halogens is 2. The Morgan fingerprint density at radius 1 is 1.22 bits per heavy atom. The van der Waals surface area contributed by atoms with Crippen LogP contribution in [0.15, 0.2) is 18.2 Å². The van der Waals surface area contributed by atoms with Gasteiger partial charge in [0, 0.05) is 18.2 Å². The molecule has 2 amide bonds. The summed E-state index contributed by atoms with van der Waals surface area (Å²) in [4.78, 5) is 22.8. The molecule has 0 saturated carbocycles. The van der Waals surface area contributed by atoms with Crippen LogP contribution in [0.1, 0.15) is 6.42 Å². The molecule has 0 bridgehead atoms. The quantitative estimate of drug-likeness (QED) is 0.580. The second-order valence-corrected chi connectivity index (χ2v) is 4.25. The molecule has 3 N–H and O–H groups in total. The Kier molecular flexibility index (Phi) is 5.91. The minimum Gasteiger partial charge on any atom is -0.396 e. The van der Waals surface area contributed by atoms with Crippen LogP contribution in [0.5, 0.6) is 0 Å². The number of amides is 2. The third kappa shape index (κ3) is 4.52. The fraction of sp³-hybridized carbons (Fsp3) is 0.273. The summed E-state index contributed by atoms with van der Waals surface area (Å²) < 4.78 is 0. The number of rotatable bonds is 4. The highest BCUT2D eigenvalue weighted by Gasteiger charge is 2.14. The lowest BCUT2D eigenvalue weighted by Gasteiger charge is -2.07. The number of aliphatic hydroxyl groups excluding tert-OH is 1. The van der Waals surface area contributed by atoms with Gasteiger partial charge in [-0.2, -0.15) is 0 Å². The highest BCUT2D eigenvalue weighted by atomic mass is 35.5. The molecule has 1 aromatic carbocycles. The average Bonchev–Trinajstić information content (AvgIpc) is 2.32. The molecule has 18 heavy (non-hydrogen) atoms. The Balaban J connectivity index is 2.56. The molecular formula is C11H12Cl2N2O3. The molecule has 0 heterocycles. The predicted octanol–water partition coefficient (Wildman–Crippen LogP) is 1.43. The Labute approximate surface area is 114 Å². The first-order valence-corrected chi connectivity index (χ1v) is 5.95. The van der Waals surface area contributed by atoms with Crippen molar-refractivity contribution in [3.05, 3.63) is 28.2 Å². The van der Waals surface area contributed by atoms with Crippen molar-refractivity contribution in [1.82, 2.24) is 5.32 Å². The van der Waals surface area contributed by atoms with Gasteiger partial charge in [-0.3, -0.25) is 9.59 Å². The first-order chi connectivity index (χ1) is 8.54. The smallest absolute Gasteiger partial charge is 0.313 e. The van der Waals surface area contributed by atoms with Crippen LogP contribution in [0.25, 0.3) is 0 Å². The summed E-state index contributed by atoms with van der Waals surface area (Å²) in [6.07, 6.45) is 0.390. The second kappa shape index (κ2) is 7.20. The van der Waals surface area contributed by atoms with Crippen LogP contribution in [0.4, 0.5) is 5.69 Å². The molecule has 0 radical (unpaired) electrons. The number of anilines is 1. The van der Waals surface area contributed by atoms with Gasteiger partial charge < -0.3 is 15.7 Å². The fourth-order valence-corrected chi connectivity index (χ4v) is 1.59. The van der Waals surface area contributed by atoms with Crippen molar-refractivity contribution in [2.75, 3.05) is 18.5 Å². The molecular weight excluding hydrogens is 279 g/mol. The van der Waals surface area contributed by atoms with E-state index < -0.39 is 11.8 Å². The molecule has 0 aliphatic rings. The van der Waals surface area contributed by atoms with Gasteiger partial charge in [0.25, 0.3) is 0 Å². The Morgan fingerprint density at radius 2 is 1.94 bits per heavy atom. The van der Waals surface area contributed by atoms with E-state index in [0.29, 0.717) is 17.1 Å². The van der Waals surface area contributed by atoms with Crippen molar-refractivity contribution < 1.29 is 14.7 Å². The lowest BCUT2D eigenvalue weighted by atomic mass is 10.3. The minimum atomic E-state index is -0.822. The van der Waals surface area contributed by atoms with Gasteiger partial charge in [-0.05, 0) is 24.6 Å². The number of carbonyl (C=O) groups is 2. The Morgan fingerprint density at radius 3 is 2.56 bits per heavy atom. The normalized spacial score (nSPS) is 9.94. The van der Waals surface area contributed by atoms with Crippen molar-refractivity contribution >= 4 is 40.7 Å². The van der Waals surface area contributed by atoms with Crippen LogP contribution >= 0.6 is 23.2 Å². The number of benzene rings is 1. The van der Waals surface area contributed by atoms with E-state index in [-0.39, 0.29) is 18.2 Å². The first kappa shape index (κ1) is 14.8. The number of hydrogen-bond donors (Lipinski definition) is 3. The van der Waals surface area contributed by atoms with E-state index in [4.69, 9.17) is 28.3 Å². The lowest BCUT2D eigenvalue weighted by molar-refractivity contribution is -0.136. The van der Waals surface area contributed by atoms with Gasteiger partial charge in [-0.25, -0.2) is 0 Å². The summed E-state index contributed by atoms with van der Waals surface area (Å²) in [7, 11) is 0. The monoisotopic (exact) mass is 290 g/mol. The molecule has 7 heteroatoms. The highest BCUT2D eigenvalue weighted by Crippen LogP contribution is 2.25. The van der Waals surface area contributed by atoms with Gasteiger partial charge in [0.2, 0.25) is 0 Å². The van der Waals surface area contributed by atoms with E-state index in [1.165, 1.54) is 12.1 Å². The van der Waals surface area contributed by atoms with Crippen molar-refractivity contribution in [3.63, 3.8) is 0 Å². The maximum Gasteiger partial charge on any atom is 0.313 e. The van der Waals surface area contributed by atoms with Crippen LogP contribution in [0.2, 0.25) is 10.0 Å². The van der Waals surface area contributed by atoms with Gasteiger partial charge >= 0.3 is 11.8 Å². The largest absolute Gasteiger partial charge is 0.396 e. The summed E-state index contributed by atoms with van der Waals surface area (Å²) in [6.45, 7) is 0.183. The molecule has 0 saturated heterocycles. The van der Waals surface area contributed by atoms with E-state index in [9.17, 15) is 9.59 Å². The minimum absolute atomic E-state index is 0.0507. The Hall–Kier alpha value is -1.30. The molecule has 0 fully saturated rings. The maximum absolute atomic E-state index is 11.5. The van der Waals surface area contributed by atoms with Crippen LogP contribution in [-0.2, 0) is 9.59 Å². The summed E-state index contributed by atoms with van der Waals surface area (Å²) in [5.41, 5.74) is 0.309. The van der Waals surface area contributed by atoms with E-state index in [1.54, 1.807) is 6.07 Å². The molecule has 1 aromatic rings. The van der Waals surface area contributed by atoms with E-state index in [2.05, 4.69) is 10.6 Å². The Bertz CT molecular complexity index is 452. The zero-order valence-corrected chi connectivity index (χ0v) is 10.9. The summed E-state index contributed by atoms with van der Waals surface area (Å²) in [5.74, 6) is -1.60.